The third-order valence-corrected chi connectivity index (χ3v) is 3.57. The van der Waals surface area contributed by atoms with Gasteiger partial charge in [0, 0.05) is 30.9 Å². The molecule has 1 heterocycles. The largest absolute Gasteiger partial charge is 0.409 e. The van der Waals surface area contributed by atoms with Crippen molar-refractivity contribution in [2.24, 2.45) is 16.8 Å². The number of rotatable bonds is 3. The van der Waals surface area contributed by atoms with E-state index < -0.39 is 4.92 Å². The Labute approximate surface area is 116 Å². The van der Waals surface area contributed by atoms with Crippen LogP contribution in [0.4, 0.5) is 11.4 Å². The van der Waals surface area contributed by atoms with Crippen LogP contribution >= 0.6 is 0 Å². The summed E-state index contributed by atoms with van der Waals surface area (Å²) >= 11 is 0. The Morgan fingerprint density at radius 3 is 2.95 bits per heavy atom. The van der Waals surface area contributed by atoms with Crippen molar-refractivity contribution in [2.75, 3.05) is 18.0 Å². The van der Waals surface area contributed by atoms with E-state index in [-0.39, 0.29) is 11.5 Å². The van der Waals surface area contributed by atoms with Gasteiger partial charge in [0.2, 0.25) is 0 Å². The molecule has 7 nitrogen and oxygen atoms in total. The Morgan fingerprint density at radius 2 is 2.35 bits per heavy atom. The average Bonchev–Trinajstić information content (AvgIpc) is 2.45. The summed E-state index contributed by atoms with van der Waals surface area (Å²) in [7, 11) is 0. The van der Waals surface area contributed by atoms with Gasteiger partial charge >= 0.3 is 0 Å². The highest BCUT2D eigenvalue weighted by Crippen LogP contribution is 2.29. The van der Waals surface area contributed by atoms with E-state index in [9.17, 15) is 10.1 Å². The van der Waals surface area contributed by atoms with Crippen LogP contribution in [-0.4, -0.2) is 29.1 Å². The fraction of sp³-hybridized carbons (Fsp3) is 0.462. The summed E-state index contributed by atoms with van der Waals surface area (Å²) < 4.78 is 0. The van der Waals surface area contributed by atoms with E-state index in [1.165, 1.54) is 18.6 Å². The lowest BCUT2D eigenvalue weighted by atomic mass is 9.98. The van der Waals surface area contributed by atoms with Crippen LogP contribution in [0.3, 0.4) is 0 Å². The number of hydrogen-bond acceptors (Lipinski definition) is 5. The summed E-state index contributed by atoms with van der Waals surface area (Å²) in [6.45, 7) is 3.90. The van der Waals surface area contributed by atoms with E-state index in [1.807, 2.05) is 0 Å². The molecule has 7 heteroatoms. The molecule has 0 spiro atoms. The molecule has 1 atom stereocenters. The minimum atomic E-state index is -0.489. The average molecular weight is 278 g/mol. The molecule has 1 aliphatic heterocycles. The lowest BCUT2D eigenvalue weighted by Gasteiger charge is -2.33. The first-order valence-corrected chi connectivity index (χ1v) is 6.54. The number of oxime groups is 1. The lowest BCUT2D eigenvalue weighted by molar-refractivity contribution is -0.384. The number of non-ortho nitro benzene ring substituents is 1. The molecule has 1 saturated heterocycles. The molecule has 0 amide bonds. The fourth-order valence-corrected chi connectivity index (χ4v) is 2.58. The number of hydrogen-bond donors (Lipinski definition) is 2. The first-order chi connectivity index (χ1) is 9.52. The number of benzene rings is 1. The van der Waals surface area contributed by atoms with Gasteiger partial charge in [-0.2, -0.15) is 0 Å². The van der Waals surface area contributed by atoms with Gasteiger partial charge in [-0.25, -0.2) is 0 Å². The van der Waals surface area contributed by atoms with Gasteiger partial charge in [0.25, 0.3) is 5.69 Å². The van der Waals surface area contributed by atoms with Crippen LogP contribution in [0.1, 0.15) is 25.3 Å². The van der Waals surface area contributed by atoms with Crippen LogP contribution in [0.2, 0.25) is 0 Å². The predicted molar refractivity (Wildman–Crippen MR) is 76.2 cm³/mol. The Kier molecular flexibility index (Phi) is 4.07. The van der Waals surface area contributed by atoms with Gasteiger partial charge in [0.05, 0.1) is 10.5 Å². The molecule has 3 N–H and O–H groups in total. The maximum absolute atomic E-state index is 10.9. The molecular weight excluding hydrogens is 260 g/mol. The van der Waals surface area contributed by atoms with Crippen LogP contribution in [0.5, 0.6) is 0 Å². The molecule has 1 aliphatic rings. The van der Waals surface area contributed by atoms with Crippen LogP contribution < -0.4 is 10.6 Å². The zero-order chi connectivity index (χ0) is 14.7. The normalized spacial score (nSPS) is 19.9. The summed E-state index contributed by atoms with van der Waals surface area (Å²) in [6.07, 6.45) is 2.23. The third kappa shape index (κ3) is 2.81. The Bertz CT molecular complexity index is 544. The van der Waals surface area contributed by atoms with Crippen molar-refractivity contribution >= 4 is 17.2 Å². The lowest BCUT2D eigenvalue weighted by Crippen LogP contribution is -2.35. The molecule has 0 aliphatic carbocycles. The second-order valence-corrected chi connectivity index (χ2v) is 5.14. The standard InChI is InChI=1S/C13H18N4O3/c1-9-3-2-6-16(8-9)12-5-4-10(17(19)20)7-11(12)13(14)15-18/h4-5,7,9,18H,2-3,6,8H2,1H3,(H2,14,15). The number of piperidine rings is 1. The quantitative estimate of drug-likeness (QED) is 0.289. The molecule has 0 aromatic heterocycles. The molecular formula is C13H18N4O3. The molecule has 2 rings (SSSR count). The van der Waals surface area contributed by atoms with Gasteiger partial charge in [-0.1, -0.05) is 12.1 Å². The van der Waals surface area contributed by atoms with Gasteiger partial charge in [-0.05, 0) is 24.8 Å². The second kappa shape index (κ2) is 5.77. The highest BCUT2D eigenvalue weighted by atomic mass is 16.6. The predicted octanol–water partition coefficient (Wildman–Crippen LogP) is 1.93. The van der Waals surface area contributed by atoms with Crippen molar-refractivity contribution in [2.45, 2.75) is 19.8 Å². The third-order valence-electron chi connectivity index (χ3n) is 3.57. The Balaban J connectivity index is 2.43. The molecule has 0 radical (unpaired) electrons. The zero-order valence-corrected chi connectivity index (χ0v) is 11.3. The summed E-state index contributed by atoms with van der Waals surface area (Å²) in [5.74, 6) is 0.445. The van der Waals surface area contributed by atoms with E-state index in [1.54, 1.807) is 6.07 Å². The van der Waals surface area contributed by atoms with E-state index >= 15 is 0 Å². The molecule has 108 valence electrons. The minimum Gasteiger partial charge on any atom is -0.409 e. The Hall–Kier alpha value is -2.31. The number of nitro groups is 1. The Morgan fingerprint density at radius 1 is 1.60 bits per heavy atom. The van der Waals surface area contributed by atoms with Crippen molar-refractivity contribution in [3.05, 3.63) is 33.9 Å². The summed E-state index contributed by atoms with van der Waals surface area (Å²) in [5.41, 5.74) is 6.76. The van der Waals surface area contributed by atoms with E-state index in [0.717, 1.165) is 25.2 Å². The number of amidine groups is 1. The highest BCUT2D eigenvalue weighted by molar-refractivity contribution is 6.02. The molecule has 0 saturated carbocycles. The number of nitrogens with two attached hydrogens (primary N) is 1. The summed E-state index contributed by atoms with van der Waals surface area (Å²) in [5, 5.41) is 22.7. The maximum Gasteiger partial charge on any atom is 0.270 e. The van der Waals surface area contributed by atoms with Crippen molar-refractivity contribution in [3.8, 4) is 0 Å². The van der Waals surface area contributed by atoms with E-state index in [2.05, 4.69) is 17.0 Å². The topological polar surface area (TPSA) is 105 Å². The molecule has 1 unspecified atom stereocenters. The van der Waals surface area contributed by atoms with Crippen LogP contribution in [0.15, 0.2) is 23.4 Å². The SMILES string of the molecule is CC1CCCN(c2ccc([N+](=O)[O-])cc2C(N)=NO)C1. The van der Waals surface area contributed by atoms with Crippen molar-refractivity contribution in [3.63, 3.8) is 0 Å². The zero-order valence-electron chi connectivity index (χ0n) is 11.3. The molecule has 1 aromatic rings. The number of anilines is 1. The second-order valence-electron chi connectivity index (χ2n) is 5.14. The van der Waals surface area contributed by atoms with Gasteiger partial charge in [0.1, 0.15) is 0 Å². The van der Waals surface area contributed by atoms with Crippen molar-refractivity contribution in [1.29, 1.82) is 0 Å². The smallest absolute Gasteiger partial charge is 0.270 e. The van der Waals surface area contributed by atoms with Crippen LogP contribution in [0, 0.1) is 16.0 Å². The molecule has 1 aromatic carbocycles. The summed E-state index contributed by atoms with van der Waals surface area (Å²) in [6, 6.07) is 4.47. The molecule has 20 heavy (non-hydrogen) atoms. The van der Waals surface area contributed by atoms with Crippen LogP contribution in [0.25, 0.3) is 0 Å². The van der Waals surface area contributed by atoms with Gasteiger partial charge in [0.15, 0.2) is 5.84 Å². The minimum absolute atomic E-state index is 0.0691. The van der Waals surface area contributed by atoms with E-state index in [4.69, 9.17) is 10.9 Å². The molecule has 0 bridgehead atoms. The van der Waals surface area contributed by atoms with E-state index in [0.29, 0.717) is 11.5 Å². The van der Waals surface area contributed by atoms with Crippen molar-refractivity contribution < 1.29 is 10.1 Å². The van der Waals surface area contributed by atoms with Gasteiger partial charge in [-0.3, -0.25) is 10.1 Å². The number of nitrogens with zero attached hydrogens (tertiary/aromatic N) is 3. The van der Waals surface area contributed by atoms with Crippen LogP contribution in [-0.2, 0) is 0 Å². The van der Waals surface area contributed by atoms with Gasteiger partial charge in [-0.15, -0.1) is 0 Å². The summed E-state index contributed by atoms with van der Waals surface area (Å²) in [4.78, 5) is 12.5. The highest BCUT2D eigenvalue weighted by Gasteiger charge is 2.22. The first-order valence-electron chi connectivity index (χ1n) is 6.54. The monoisotopic (exact) mass is 278 g/mol. The fourth-order valence-electron chi connectivity index (χ4n) is 2.58. The first kappa shape index (κ1) is 14.1. The molecule has 1 fully saturated rings. The van der Waals surface area contributed by atoms with Gasteiger partial charge < -0.3 is 15.8 Å². The number of nitro benzene ring substituents is 1. The van der Waals surface area contributed by atoms with Crippen molar-refractivity contribution in [1.82, 2.24) is 0 Å². The maximum atomic E-state index is 10.9.